The lowest BCUT2D eigenvalue weighted by molar-refractivity contribution is 0.415. The Labute approximate surface area is 192 Å². The van der Waals surface area contributed by atoms with Crippen LogP contribution in [0.25, 0.3) is 10.2 Å². The van der Waals surface area contributed by atoms with E-state index in [-0.39, 0.29) is 10.9 Å². The van der Waals surface area contributed by atoms with Crippen LogP contribution in [0, 0.1) is 0 Å². The molecule has 0 spiro atoms. The summed E-state index contributed by atoms with van der Waals surface area (Å²) in [6.45, 7) is 1.93. The molecule has 0 aliphatic heterocycles. The van der Waals surface area contributed by atoms with Crippen LogP contribution in [-0.2, 0) is 16.4 Å². The minimum atomic E-state index is -3.73. The average molecular weight is 468 g/mol. The molecule has 6 nitrogen and oxygen atoms in total. The predicted octanol–water partition coefficient (Wildman–Crippen LogP) is 4.59. The first-order valence-corrected chi connectivity index (χ1v) is 12.5. The first kappa shape index (κ1) is 22.4. The van der Waals surface area contributed by atoms with E-state index in [0.29, 0.717) is 11.4 Å². The van der Waals surface area contributed by atoms with Gasteiger partial charge in [-0.15, -0.1) is 11.3 Å². The van der Waals surface area contributed by atoms with E-state index in [2.05, 4.69) is 4.72 Å². The van der Waals surface area contributed by atoms with E-state index < -0.39 is 16.1 Å². The zero-order valence-electron chi connectivity index (χ0n) is 17.9. The second-order valence-corrected chi connectivity index (χ2v) is 10.4. The minimum absolute atomic E-state index is 0.0596. The maximum absolute atomic E-state index is 13.1. The normalized spacial score (nSPS) is 13.7. The number of sulfonamides is 1. The molecular formula is C24H25N3O3S2. The molecule has 1 heterocycles. The van der Waals surface area contributed by atoms with Crippen LogP contribution in [0.4, 0.5) is 0 Å². The van der Waals surface area contributed by atoms with E-state index in [0.717, 1.165) is 27.1 Å². The monoisotopic (exact) mass is 467 g/mol. The largest absolute Gasteiger partial charge is 0.497 e. The van der Waals surface area contributed by atoms with Gasteiger partial charge < -0.3 is 10.5 Å². The van der Waals surface area contributed by atoms with Crippen molar-refractivity contribution < 1.29 is 13.2 Å². The Morgan fingerprint density at radius 1 is 1.06 bits per heavy atom. The van der Waals surface area contributed by atoms with E-state index >= 15 is 0 Å². The highest BCUT2D eigenvalue weighted by molar-refractivity contribution is 7.89. The molecular weight excluding hydrogens is 442 g/mol. The third-order valence-electron chi connectivity index (χ3n) is 5.21. The van der Waals surface area contributed by atoms with Crippen LogP contribution < -0.4 is 15.2 Å². The summed E-state index contributed by atoms with van der Waals surface area (Å²) in [6, 6.07) is 21.4. The molecule has 2 atom stereocenters. The molecule has 0 radical (unpaired) electrons. The van der Waals surface area contributed by atoms with E-state index in [1.165, 1.54) is 11.3 Å². The number of nitrogens with one attached hydrogen (secondary N) is 1. The fraction of sp³-hybridized carbons (Fsp3) is 0.208. The van der Waals surface area contributed by atoms with Crippen molar-refractivity contribution in [2.75, 3.05) is 7.11 Å². The van der Waals surface area contributed by atoms with Gasteiger partial charge in [-0.1, -0.05) is 42.5 Å². The van der Waals surface area contributed by atoms with Crippen LogP contribution in [0.1, 0.15) is 35.1 Å². The number of rotatable bonds is 8. The first-order chi connectivity index (χ1) is 15.4. The molecule has 3 N–H and O–H groups in total. The van der Waals surface area contributed by atoms with Crippen molar-refractivity contribution in [1.82, 2.24) is 9.71 Å². The van der Waals surface area contributed by atoms with E-state index in [4.69, 9.17) is 15.5 Å². The Morgan fingerprint density at radius 2 is 1.78 bits per heavy atom. The summed E-state index contributed by atoms with van der Waals surface area (Å²) in [5.41, 5.74) is 8.79. The number of aromatic nitrogens is 1. The topological polar surface area (TPSA) is 94.3 Å². The number of nitrogens with zero attached hydrogens (tertiary/aromatic N) is 1. The Balaban J connectivity index is 1.70. The predicted molar refractivity (Wildman–Crippen MR) is 128 cm³/mol. The lowest BCUT2D eigenvalue weighted by Crippen LogP contribution is -2.30. The number of hydrogen-bond acceptors (Lipinski definition) is 6. The molecule has 0 aliphatic carbocycles. The Bertz CT molecular complexity index is 1300. The smallest absolute Gasteiger partial charge is 0.241 e. The van der Waals surface area contributed by atoms with Crippen LogP contribution in [0.3, 0.4) is 0 Å². The van der Waals surface area contributed by atoms with Gasteiger partial charge in [-0.3, -0.25) is 0 Å². The van der Waals surface area contributed by atoms with Gasteiger partial charge in [-0.2, -0.15) is 0 Å². The SMILES string of the molecule is COc1ccc2nc([C@H](Cc3ccc([C@H](C)N)cc3)NS(=O)(=O)c3ccccc3)sc2c1. The van der Waals surface area contributed by atoms with Gasteiger partial charge in [0.15, 0.2) is 0 Å². The number of methoxy groups -OCH3 is 1. The van der Waals surface area contributed by atoms with Crippen molar-refractivity contribution in [1.29, 1.82) is 0 Å². The molecule has 32 heavy (non-hydrogen) atoms. The van der Waals surface area contributed by atoms with Gasteiger partial charge in [0.25, 0.3) is 0 Å². The number of hydrogen-bond donors (Lipinski definition) is 2. The Hall–Kier alpha value is -2.78. The maximum atomic E-state index is 13.1. The zero-order valence-corrected chi connectivity index (χ0v) is 19.5. The zero-order chi connectivity index (χ0) is 22.7. The maximum Gasteiger partial charge on any atom is 0.241 e. The Kier molecular flexibility index (Phi) is 6.57. The van der Waals surface area contributed by atoms with Crippen molar-refractivity contribution in [3.05, 3.63) is 88.9 Å². The second kappa shape index (κ2) is 9.38. The summed E-state index contributed by atoms with van der Waals surface area (Å²) in [7, 11) is -2.11. The van der Waals surface area contributed by atoms with Gasteiger partial charge in [0.2, 0.25) is 10.0 Å². The number of benzene rings is 3. The first-order valence-electron chi connectivity index (χ1n) is 10.2. The summed E-state index contributed by atoms with van der Waals surface area (Å²) in [5.74, 6) is 0.737. The number of nitrogens with two attached hydrogens (primary N) is 1. The molecule has 0 unspecified atom stereocenters. The van der Waals surface area contributed by atoms with Crippen LogP contribution in [0.2, 0.25) is 0 Å². The fourth-order valence-corrected chi connectivity index (χ4v) is 5.77. The van der Waals surface area contributed by atoms with Crippen molar-refractivity contribution in [2.24, 2.45) is 5.73 Å². The molecule has 166 valence electrons. The third-order valence-corrected chi connectivity index (χ3v) is 7.83. The van der Waals surface area contributed by atoms with E-state index in [1.54, 1.807) is 37.4 Å². The van der Waals surface area contributed by atoms with Gasteiger partial charge in [-0.05, 0) is 54.8 Å². The van der Waals surface area contributed by atoms with Crippen LogP contribution in [-0.4, -0.2) is 20.5 Å². The van der Waals surface area contributed by atoms with Crippen LogP contribution in [0.5, 0.6) is 5.75 Å². The van der Waals surface area contributed by atoms with Crippen molar-refractivity contribution in [3.63, 3.8) is 0 Å². The van der Waals surface area contributed by atoms with Gasteiger partial charge in [0.05, 0.1) is 28.3 Å². The quantitative estimate of drug-likeness (QED) is 0.395. The molecule has 0 aliphatic rings. The van der Waals surface area contributed by atoms with Crippen LogP contribution >= 0.6 is 11.3 Å². The molecule has 3 aromatic carbocycles. The highest BCUT2D eigenvalue weighted by Crippen LogP contribution is 2.32. The highest BCUT2D eigenvalue weighted by Gasteiger charge is 2.24. The molecule has 0 fully saturated rings. The molecule has 4 rings (SSSR count). The van der Waals surface area contributed by atoms with Crippen molar-refractivity contribution in [3.8, 4) is 5.75 Å². The molecule has 0 saturated carbocycles. The summed E-state index contributed by atoms with van der Waals surface area (Å²) in [5, 5.41) is 0.698. The summed E-state index contributed by atoms with van der Waals surface area (Å²) in [4.78, 5) is 4.95. The van der Waals surface area contributed by atoms with Gasteiger partial charge in [0.1, 0.15) is 10.8 Å². The molecule has 4 aromatic rings. The average Bonchev–Trinajstić information content (AvgIpc) is 3.23. The van der Waals surface area contributed by atoms with Crippen LogP contribution in [0.15, 0.2) is 77.7 Å². The second-order valence-electron chi connectivity index (χ2n) is 7.61. The summed E-state index contributed by atoms with van der Waals surface area (Å²) >= 11 is 1.46. The molecule has 0 amide bonds. The highest BCUT2D eigenvalue weighted by atomic mass is 32.2. The standard InChI is InChI=1S/C24H25N3O3S2/c1-16(25)18-10-8-17(9-11-18)14-22(27-32(28,29)20-6-4-3-5-7-20)24-26-21-13-12-19(30-2)15-23(21)31-24/h3-13,15-16,22,27H,14,25H2,1-2H3/t16-,22-/m0/s1. The lowest BCUT2D eigenvalue weighted by atomic mass is 10.0. The number of fused-ring (bicyclic) bond motifs is 1. The van der Waals surface area contributed by atoms with Gasteiger partial charge in [-0.25, -0.2) is 18.1 Å². The summed E-state index contributed by atoms with van der Waals surface area (Å²) in [6.07, 6.45) is 0.461. The van der Waals surface area contributed by atoms with E-state index in [9.17, 15) is 8.42 Å². The molecule has 0 bridgehead atoms. The molecule has 1 aromatic heterocycles. The van der Waals surface area contributed by atoms with Gasteiger partial charge in [0, 0.05) is 6.04 Å². The molecule has 8 heteroatoms. The summed E-state index contributed by atoms with van der Waals surface area (Å²) < 4.78 is 35.3. The Morgan fingerprint density at radius 3 is 2.44 bits per heavy atom. The number of ether oxygens (including phenoxy) is 1. The lowest BCUT2D eigenvalue weighted by Gasteiger charge is -2.17. The third kappa shape index (κ3) is 4.99. The molecule has 0 saturated heterocycles. The van der Waals surface area contributed by atoms with Crippen molar-refractivity contribution in [2.45, 2.75) is 30.3 Å². The van der Waals surface area contributed by atoms with E-state index in [1.807, 2.05) is 49.4 Å². The fourth-order valence-electron chi connectivity index (χ4n) is 3.43. The number of thiazole rings is 1. The van der Waals surface area contributed by atoms with Gasteiger partial charge >= 0.3 is 0 Å². The van der Waals surface area contributed by atoms with Crippen molar-refractivity contribution >= 4 is 31.6 Å². The minimum Gasteiger partial charge on any atom is -0.497 e.